The molecule has 0 radical (unpaired) electrons. The van der Waals surface area contributed by atoms with Crippen LogP contribution in [0, 0.1) is 6.92 Å². The Morgan fingerprint density at radius 3 is 2.73 bits per heavy atom. The molecule has 5 heteroatoms. The van der Waals surface area contributed by atoms with Crippen LogP contribution in [0.5, 0.6) is 0 Å². The van der Waals surface area contributed by atoms with Crippen molar-refractivity contribution in [2.45, 2.75) is 6.92 Å². The molecule has 0 saturated heterocycles. The molecule has 0 fully saturated rings. The summed E-state index contributed by atoms with van der Waals surface area (Å²) in [6.07, 6.45) is 1.44. The van der Waals surface area contributed by atoms with Crippen molar-refractivity contribution in [2.24, 2.45) is 4.99 Å². The van der Waals surface area contributed by atoms with Crippen LogP contribution < -0.4 is 0 Å². The molecule has 0 bridgehead atoms. The third-order valence-electron chi connectivity index (χ3n) is 1.92. The zero-order valence-electron chi connectivity index (χ0n) is 8.20. The van der Waals surface area contributed by atoms with Gasteiger partial charge in [-0.1, -0.05) is 15.9 Å². The fourth-order valence-corrected chi connectivity index (χ4v) is 1.60. The number of esters is 1. The smallest absolute Gasteiger partial charge is 0.338 e. The maximum absolute atomic E-state index is 11.4. The van der Waals surface area contributed by atoms with Gasteiger partial charge in [0.15, 0.2) is 0 Å². The molecule has 0 atom stereocenters. The molecule has 0 amide bonds. The van der Waals surface area contributed by atoms with E-state index in [1.54, 1.807) is 19.1 Å². The highest BCUT2D eigenvalue weighted by atomic mass is 79.9. The van der Waals surface area contributed by atoms with Gasteiger partial charge in [-0.05, 0) is 24.6 Å². The maximum Gasteiger partial charge on any atom is 0.338 e. The quantitative estimate of drug-likeness (QED) is 0.471. The summed E-state index contributed by atoms with van der Waals surface area (Å²) in [6.45, 7) is 1.69. The van der Waals surface area contributed by atoms with Crippen LogP contribution in [0.2, 0.25) is 0 Å². The van der Waals surface area contributed by atoms with E-state index in [9.17, 15) is 9.59 Å². The van der Waals surface area contributed by atoms with Gasteiger partial charge >= 0.3 is 5.97 Å². The van der Waals surface area contributed by atoms with Gasteiger partial charge in [-0.3, -0.25) is 0 Å². The highest BCUT2D eigenvalue weighted by Crippen LogP contribution is 2.27. The predicted octanol–water partition coefficient (Wildman–Crippen LogP) is 2.51. The normalized spacial score (nSPS) is 9.27. The van der Waals surface area contributed by atoms with Crippen molar-refractivity contribution in [2.75, 3.05) is 7.11 Å². The largest absolute Gasteiger partial charge is 0.465 e. The Kier molecular flexibility index (Phi) is 3.77. The van der Waals surface area contributed by atoms with E-state index < -0.39 is 5.97 Å². The molecular weight excluding hydrogens is 262 g/mol. The fourth-order valence-electron chi connectivity index (χ4n) is 1.15. The van der Waals surface area contributed by atoms with Gasteiger partial charge in [0.1, 0.15) is 0 Å². The summed E-state index contributed by atoms with van der Waals surface area (Å²) in [4.78, 5) is 25.0. The Hall–Kier alpha value is -1.45. The molecule has 4 nitrogen and oxygen atoms in total. The van der Waals surface area contributed by atoms with E-state index in [1.165, 1.54) is 13.2 Å². The first-order valence-corrected chi connectivity index (χ1v) is 4.85. The van der Waals surface area contributed by atoms with Gasteiger partial charge in [-0.25, -0.2) is 9.59 Å². The molecule has 1 aromatic carbocycles. The Bertz CT molecular complexity index is 450. The molecule has 0 spiro atoms. The minimum atomic E-state index is -0.462. The first-order chi connectivity index (χ1) is 7.10. The second-order valence-corrected chi connectivity index (χ2v) is 3.71. The van der Waals surface area contributed by atoms with E-state index in [4.69, 9.17) is 0 Å². The van der Waals surface area contributed by atoms with Crippen molar-refractivity contribution in [3.8, 4) is 0 Å². The van der Waals surface area contributed by atoms with Crippen LogP contribution in [-0.2, 0) is 9.53 Å². The summed E-state index contributed by atoms with van der Waals surface area (Å²) in [5.74, 6) is -0.462. The van der Waals surface area contributed by atoms with Crippen molar-refractivity contribution < 1.29 is 14.3 Å². The van der Waals surface area contributed by atoms with Crippen LogP contribution in [0.3, 0.4) is 0 Å². The van der Waals surface area contributed by atoms with E-state index in [-0.39, 0.29) is 0 Å². The first-order valence-electron chi connectivity index (χ1n) is 4.06. The first kappa shape index (κ1) is 11.6. The van der Waals surface area contributed by atoms with Crippen LogP contribution in [0.1, 0.15) is 15.9 Å². The van der Waals surface area contributed by atoms with Crippen LogP contribution in [0.15, 0.2) is 21.6 Å². The Labute approximate surface area is 95.1 Å². The minimum absolute atomic E-state index is 0.376. The molecule has 0 N–H and O–H groups in total. The summed E-state index contributed by atoms with van der Waals surface area (Å²) in [5.41, 5.74) is 1.37. The number of rotatable bonds is 2. The summed E-state index contributed by atoms with van der Waals surface area (Å²) in [6, 6.07) is 3.25. The number of carbonyl (C=O) groups excluding carboxylic acids is 2. The molecule has 1 aromatic rings. The molecule has 0 aliphatic carbocycles. The number of aliphatic imine (C=N–C) groups is 1. The third kappa shape index (κ3) is 2.52. The second-order valence-electron chi connectivity index (χ2n) is 2.79. The summed E-state index contributed by atoms with van der Waals surface area (Å²) in [5, 5.41) is 0. The molecule has 0 heterocycles. The molecule has 0 unspecified atom stereocenters. The molecular formula is C10H8BrNO3. The summed E-state index contributed by atoms with van der Waals surface area (Å²) in [7, 11) is 1.30. The predicted molar refractivity (Wildman–Crippen MR) is 58.0 cm³/mol. The minimum Gasteiger partial charge on any atom is -0.465 e. The standard InChI is InChI=1S/C10H8BrNO3/c1-6-8(10(14)15-2)3-7(11)4-9(6)12-5-13/h3-4H,1-2H3. The molecule has 1 rings (SSSR count). The van der Waals surface area contributed by atoms with Gasteiger partial charge in [0, 0.05) is 4.47 Å². The number of ether oxygens (including phenoxy) is 1. The fraction of sp³-hybridized carbons (Fsp3) is 0.200. The Morgan fingerprint density at radius 1 is 1.53 bits per heavy atom. The highest BCUT2D eigenvalue weighted by Gasteiger charge is 2.13. The number of carbonyl (C=O) groups is 1. The number of nitrogens with zero attached hydrogens (tertiary/aromatic N) is 1. The van der Waals surface area contributed by atoms with E-state index in [1.807, 2.05) is 0 Å². The molecule has 78 valence electrons. The van der Waals surface area contributed by atoms with Gasteiger partial charge < -0.3 is 4.74 Å². The number of hydrogen-bond donors (Lipinski definition) is 0. The molecule has 0 saturated carbocycles. The van der Waals surface area contributed by atoms with Crippen molar-refractivity contribution >= 4 is 33.7 Å². The molecule has 0 aliphatic heterocycles. The number of hydrogen-bond acceptors (Lipinski definition) is 4. The van der Waals surface area contributed by atoms with E-state index >= 15 is 0 Å². The monoisotopic (exact) mass is 269 g/mol. The summed E-state index contributed by atoms with van der Waals surface area (Å²) >= 11 is 3.22. The average molecular weight is 270 g/mol. The Morgan fingerprint density at radius 2 is 2.20 bits per heavy atom. The molecule has 15 heavy (non-hydrogen) atoms. The lowest BCUT2D eigenvalue weighted by molar-refractivity contribution is 0.0600. The van der Waals surface area contributed by atoms with Crippen LogP contribution >= 0.6 is 15.9 Å². The highest BCUT2D eigenvalue weighted by molar-refractivity contribution is 9.10. The number of benzene rings is 1. The van der Waals surface area contributed by atoms with Gasteiger partial charge in [0.05, 0.1) is 18.4 Å². The van der Waals surface area contributed by atoms with E-state index in [0.29, 0.717) is 21.3 Å². The molecule has 0 aromatic heterocycles. The second kappa shape index (κ2) is 4.87. The lowest BCUT2D eigenvalue weighted by atomic mass is 10.1. The Balaban J connectivity index is 3.40. The zero-order valence-corrected chi connectivity index (χ0v) is 9.79. The average Bonchev–Trinajstić information content (AvgIpc) is 2.22. The number of methoxy groups -OCH3 is 1. The van der Waals surface area contributed by atoms with Crippen LogP contribution in [0.4, 0.5) is 5.69 Å². The van der Waals surface area contributed by atoms with E-state index in [0.717, 1.165) is 0 Å². The van der Waals surface area contributed by atoms with Gasteiger partial charge in [0.25, 0.3) is 0 Å². The van der Waals surface area contributed by atoms with E-state index in [2.05, 4.69) is 25.7 Å². The topological polar surface area (TPSA) is 55.7 Å². The van der Waals surface area contributed by atoms with Crippen LogP contribution in [0.25, 0.3) is 0 Å². The van der Waals surface area contributed by atoms with Crippen molar-refractivity contribution in [3.63, 3.8) is 0 Å². The SMILES string of the molecule is COC(=O)c1cc(Br)cc(N=C=O)c1C. The number of isocyanates is 1. The molecule has 0 aliphatic rings. The maximum atomic E-state index is 11.4. The van der Waals surface area contributed by atoms with Gasteiger partial charge in [-0.15, -0.1) is 0 Å². The van der Waals surface area contributed by atoms with Gasteiger partial charge in [-0.2, -0.15) is 4.99 Å². The van der Waals surface area contributed by atoms with Crippen LogP contribution in [-0.4, -0.2) is 19.2 Å². The van der Waals surface area contributed by atoms with Crippen molar-refractivity contribution in [1.29, 1.82) is 0 Å². The van der Waals surface area contributed by atoms with Gasteiger partial charge in [0.2, 0.25) is 6.08 Å². The van der Waals surface area contributed by atoms with Crippen molar-refractivity contribution in [1.82, 2.24) is 0 Å². The third-order valence-corrected chi connectivity index (χ3v) is 2.37. The lowest BCUT2D eigenvalue weighted by Crippen LogP contribution is -2.03. The zero-order chi connectivity index (χ0) is 11.4. The number of halogens is 1. The lowest BCUT2D eigenvalue weighted by Gasteiger charge is -2.06. The summed E-state index contributed by atoms with van der Waals surface area (Å²) < 4.78 is 5.26. The van der Waals surface area contributed by atoms with Crippen molar-refractivity contribution in [3.05, 3.63) is 27.7 Å².